The zero-order chi connectivity index (χ0) is 13.8. The summed E-state index contributed by atoms with van der Waals surface area (Å²) in [6.07, 6.45) is 1.59. The third-order valence-corrected chi connectivity index (χ3v) is 2.89. The number of carbonyl (C=O) groups is 1. The number of carbonyl (C=O) groups excluding carboxylic acids is 1. The largest absolute Gasteiger partial charge is 0.373 e. The highest BCUT2D eigenvalue weighted by Crippen LogP contribution is 2.12. The van der Waals surface area contributed by atoms with Crippen LogP contribution in [0.25, 0.3) is 0 Å². The van der Waals surface area contributed by atoms with Gasteiger partial charge in [-0.3, -0.25) is 4.79 Å². The molecule has 0 aliphatic rings. The Morgan fingerprint density at radius 3 is 2.84 bits per heavy atom. The SMILES string of the molecule is CNc1cc(C(=O)NCc2c(C)noc2C)ccn1. The second-order valence-corrected chi connectivity index (χ2v) is 4.17. The minimum atomic E-state index is -0.154. The first-order valence-electron chi connectivity index (χ1n) is 5.95. The number of nitrogens with one attached hydrogen (secondary N) is 2. The molecular formula is C13H16N4O2. The third kappa shape index (κ3) is 2.90. The molecule has 2 N–H and O–H groups in total. The number of aromatic nitrogens is 2. The molecule has 2 heterocycles. The lowest BCUT2D eigenvalue weighted by Gasteiger charge is -2.06. The molecule has 19 heavy (non-hydrogen) atoms. The summed E-state index contributed by atoms with van der Waals surface area (Å²) in [5, 5.41) is 9.58. The van der Waals surface area contributed by atoms with E-state index in [1.807, 2.05) is 13.8 Å². The van der Waals surface area contributed by atoms with E-state index in [-0.39, 0.29) is 5.91 Å². The van der Waals surface area contributed by atoms with Crippen molar-refractivity contribution in [3.8, 4) is 0 Å². The van der Waals surface area contributed by atoms with E-state index in [0.29, 0.717) is 17.9 Å². The Hall–Kier alpha value is -2.37. The van der Waals surface area contributed by atoms with Crippen molar-refractivity contribution in [2.45, 2.75) is 20.4 Å². The average molecular weight is 260 g/mol. The van der Waals surface area contributed by atoms with Crippen molar-refractivity contribution in [3.05, 3.63) is 40.9 Å². The van der Waals surface area contributed by atoms with Crippen molar-refractivity contribution >= 4 is 11.7 Å². The van der Waals surface area contributed by atoms with Crippen LogP contribution in [0, 0.1) is 13.8 Å². The molecule has 0 saturated carbocycles. The van der Waals surface area contributed by atoms with Gasteiger partial charge in [0.2, 0.25) is 0 Å². The zero-order valence-electron chi connectivity index (χ0n) is 11.2. The monoisotopic (exact) mass is 260 g/mol. The van der Waals surface area contributed by atoms with Crippen LogP contribution in [0.4, 0.5) is 5.82 Å². The van der Waals surface area contributed by atoms with Crippen molar-refractivity contribution in [3.63, 3.8) is 0 Å². The number of hydrogen-bond donors (Lipinski definition) is 2. The molecule has 2 aromatic rings. The zero-order valence-corrected chi connectivity index (χ0v) is 11.2. The molecule has 0 aliphatic heterocycles. The predicted molar refractivity (Wildman–Crippen MR) is 70.9 cm³/mol. The fourth-order valence-corrected chi connectivity index (χ4v) is 1.73. The Morgan fingerprint density at radius 2 is 2.21 bits per heavy atom. The fourth-order valence-electron chi connectivity index (χ4n) is 1.73. The van der Waals surface area contributed by atoms with E-state index in [1.165, 1.54) is 0 Å². The van der Waals surface area contributed by atoms with Gasteiger partial charge in [0.1, 0.15) is 11.6 Å². The van der Waals surface area contributed by atoms with Gasteiger partial charge in [-0.05, 0) is 26.0 Å². The molecule has 2 rings (SSSR count). The molecule has 6 nitrogen and oxygen atoms in total. The number of aryl methyl sites for hydroxylation is 2. The second-order valence-electron chi connectivity index (χ2n) is 4.17. The maximum Gasteiger partial charge on any atom is 0.251 e. The maximum absolute atomic E-state index is 12.0. The number of pyridine rings is 1. The molecule has 0 fully saturated rings. The van der Waals surface area contributed by atoms with E-state index < -0.39 is 0 Å². The van der Waals surface area contributed by atoms with Crippen LogP contribution < -0.4 is 10.6 Å². The topological polar surface area (TPSA) is 80.0 Å². The molecule has 0 radical (unpaired) electrons. The average Bonchev–Trinajstić information content (AvgIpc) is 2.75. The van der Waals surface area contributed by atoms with Crippen LogP contribution in [0.15, 0.2) is 22.9 Å². The van der Waals surface area contributed by atoms with Gasteiger partial charge in [0.05, 0.1) is 5.69 Å². The predicted octanol–water partition coefficient (Wildman–Crippen LogP) is 1.66. The van der Waals surface area contributed by atoms with Crippen molar-refractivity contribution < 1.29 is 9.32 Å². The van der Waals surface area contributed by atoms with E-state index in [9.17, 15) is 4.79 Å². The molecule has 0 saturated heterocycles. The second kappa shape index (κ2) is 5.51. The minimum absolute atomic E-state index is 0.154. The van der Waals surface area contributed by atoms with Gasteiger partial charge in [0.15, 0.2) is 0 Å². The van der Waals surface area contributed by atoms with Gasteiger partial charge >= 0.3 is 0 Å². The Morgan fingerprint density at radius 1 is 1.42 bits per heavy atom. The van der Waals surface area contributed by atoms with Crippen LogP contribution in [0.1, 0.15) is 27.4 Å². The van der Waals surface area contributed by atoms with Crippen LogP contribution in [0.3, 0.4) is 0 Å². The third-order valence-electron chi connectivity index (χ3n) is 2.89. The molecule has 0 aliphatic carbocycles. The van der Waals surface area contributed by atoms with E-state index in [4.69, 9.17) is 4.52 Å². The normalized spacial score (nSPS) is 10.3. The smallest absolute Gasteiger partial charge is 0.251 e. The first-order chi connectivity index (χ1) is 9.11. The molecular weight excluding hydrogens is 244 g/mol. The van der Waals surface area contributed by atoms with Crippen LogP contribution in [0.5, 0.6) is 0 Å². The summed E-state index contributed by atoms with van der Waals surface area (Å²) in [6, 6.07) is 3.37. The van der Waals surface area contributed by atoms with E-state index in [2.05, 4.69) is 20.8 Å². The Kier molecular flexibility index (Phi) is 3.79. The molecule has 1 amide bonds. The number of hydrogen-bond acceptors (Lipinski definition) is 5. The lowest BCUT2D eigenvalue weighted by molar-refractivity contribution is 0.0950. The van der Waals surface area contributed by atoms with Crippen molar-refractivity contribution in [2.24, 2.45) is 0 Å². The molecule has 0 atom stereocenters. The van der Waals surface area contributed by atoms with Crippen LogP contribution in [0.2, 0.25) is 0 Å². The van der Waals surface area contributed by atoms with Crippen LogP contribution >= 0.6 is 0 Å². The van der Waals surface area contributed by atoms with E-state index in [0.717, 1.165) is 17.0 Å². The van der Waals surface area contributed by atoms with Gasteiger partial charge in [0.25, 0.3) is 5.91 Å². The molecule has 0 spiro atoms. The number of anilines is 1. The summed E-state index contributed by atoms with van der Waals surface area (Å²) >= 11 is 0. The summed E-state index contributed by atoms with van der Waals surface area (Å²) in [5.74, 6) is 1.23. The quantitative estimate of drug-likeness (QED) is 0.873. The number of nitrogens with zero attached hydrogens (tertiary/aromatic N) is 2. The lowest BCUT2D eigenvalue weighted by atomic mass is 10.2. The van der Waals surface area contributed by atoms with Crippen molar-refractivity contribution in [2.75, 3.05) is 12.4 Å². The highest BCUT2D eigenvalue weighted by atomic mass is 16.5. The van der Waals surface area contributed by atoms with Crippen LogP contribution in [-0.4, -0.2) is 23.1 Å². The molecule has 2 aromatic heterocycles. The maximum atomic E-state index is 12.0. The molecule has 0 aromatic carbocycles. The highest BCUT2D eigenvalue weighted by molar-refractivity contribution is 5.94. The lowest BCUT2D eigenvalue weighted by Crippen LogP contribution is -2.23. The number of amides is 1. The fraction of sp³-hybridized carbons (Fsp3) is 0.308. The molecule has 0 unspecified atom stereocenters. The minimum Gasteiger partial charge on any atom is -0.373 e. The Labute approximate surface area is 111 Å². The van der Waals surface area contributed by atoms with E-state index >= 15 is 0 Å². The van der Waals surface area contributed by atoms with Gasteiger partial charge in [-0.25, -0.2) is 4.98 Å². The standard InChI is InChI=1S/C13H16N4O2/c1-8-11(9(2)19-17-8)7-16-13(18)10-4-5-15-12(6-10)14-3/h4-6H,7H2,1-3H3,(H,14,15)(H,16,18). The van der Waals surface area contributed by atoms with Crippen molar-refractivity contribution in [1.29, 1.82) is 0 Å². The van der Waals surface area contributed by atoms with Gasteiger partial charge in [0, 0.05) is 30.9 Å². The van der Waals surface area contributed by atoms with Crippen molar-refractivity contribution in [1.82, 2.24) is 15.5 Å². The Balaban J connectivity index is 2.05. The summed E-state index contributed by atoms with van der Waals surface area (Å²) in [7, 11) is 1.76. The van der Waals surface area contributed by atoms with Gasteiger partial charge in [-0.2, -0.15) is 0 Å². The van der Waals surface area contributed by atoms with Gasteiger partial charge in [-0.1, -0.05) is 5.16 Å². The van der Waals surface area contributed by atoms with E-state index in [1.54, 1.807) is 25.4 Å². The molecule has 6 heteroatoms. The van der Waals surface area contributed by atoms with Gasteiger partial charge < -0.3 is 15.2 Å². The van der Waals surface area contributed by atoms with Crippen LogP contribution in [-0.2, 0) is 6.54 Å². The summed E-state index contributed by atoms with van der Waals surface area (Å²) in [5.41, 5.74) is 2.27. The summed E-state index contributed by atoms with van der Waals surface area (Å²) < 4.78 is 5.05. The number of rotatable bonds is 4. The molecule has 100 valence electrons. The first-order valence-corrected chi connectivity index (χ1v) is 5.95. The van der Waals surface area contributed by atoms with Gasteiger partial charge in [-0.15, -0.1) is 0 Å². The first kappa shape index (κ1) is 13.1. The highest BCUT2D eigenvalue weighted by Gasteiger charge is 2.11. The summed E-state index contributed by atoms with van der Waals surface area (Å²) in [6.45, 7) is 4.08. The summed E-state index contributed by atoms with van der Waals surface area (Å²) in [4.78, 5) is 16.1. The molecule has 0 bridgehead atoms. The Bertz CT molecular complexity index is 573.